The predicted molar refractivity (Wildman–Crippen MR) is 91.0 cm³/mol. The number of hydrogen-bond acceptors (Lipinski definition) is 5. The third-order valence-corrected chi connectivity index (χ3v) is 4.92. The fourth-order valence-corrected chi connectivity index (χ4v) is 3.22. The van der Waals surface area contributed by atoms with Crippen molar-refractivity contribution in [2.45, 2.75) is 32.7 Å². The number of hydrogen-bond donors (Lipinski definition) is 3. The summed E-state index contributed by atoms with van der Waals surface area (Å²) in [6, 6.07) is 4.06. The van der Waals surface area contributed by atoms with Gasteiger partial charge in [0.15, 0.2) is 0 Å². The number of piperidine rings is 1. The van der Waals surface area contributed by atoms with Crippen LogP contribution in [0.2, 0.25) is 5.02 Å². The lowest BCUT2D eigenvalue weighted by atomic mass is 9.91. The molecular weight excluding hydrogens is 316 g/mol. The molecule has 0 bridgehead atoms. The van der Waals surface area contributed by atoms with E-state index in [2.05, 4.69) is 27.8 Å². The summed E-state index contributed by atoms with van der Waals surface area (Å²) in [5.41, 5.74) is 2.48. The molecule has 1 aromatic heterocycles. The summed E-state index contributed by atoms with van der Waals surface area (Å²) in [5, 5.41) is 13.8. The van der Waals surface area contributed by atoms with Crippen LogP contribution in [0.3, 0.4) is 0 Å². The van der Waals surface area contributed by atoms with Crippen molar-refractivity contribution in [1.29, 1.82) is 0 Å². The van der Waals surface area contributed by atoms with Crippen molar-refractivity contribution in [1.82, 2.24) is 15.5 Å². The molecule has 1 unspecified atom stereocenters. The molecule has 124 valence electrons. The largest absolute Gasteiger partial charge is 0.434 e. The number of nitrogens with zero attached hydrogens (tertiary/aromatic N) is 1. The molecule has 1 fully saturated rings. The molecule has 7 heteroatoms. The van der Waals surface area contributed by atoms with Gasteiger partial charge in [0, 0.05) is 11.6 Å². The first-order valence-electron chi connectivity index (χ1n) is 7.88. The van der Waals surface area contributed by atoms with E-state index in [1.807, 2.05) is 19.1 Å². The summed E-state index contributed by atoms with van der Waals surface area (Å²) in [7, 11) is 0. The molecule has 0 saturated carbocycles. The number of rotatable bonds is 4. The molecule has 0 radical (unpaired) electrons. The Morgan fingerprint density at radius 2 is 2.13 bits per heavy atom. The van der Waals surface area contributed by atoms with E-state index in [-0.39, 0.29) is 5.89 Å². The molecule has 2 heterocycles. The first kappa shape index (κ1) is 16.1. The summed E-state index contributed by atoms with van der Waals surface area (Å²) < 4.78 is 5.04. The van der Waals surface area contributed by atoms with Gasteiger partial charge in [-0.05, 0) is 63.4 Å². The summed E-state index contributed by atoms with van der Waals surface area (Å²) >= 11 is 6.45. The highest BCUT2D eigenvalue weighted by Crippen LogP contribution is 2.32. The second-order valence-electron chi connectivity index (χ2n) is 6.09. The zero-order chi connectivity index (χ0) is 16.4. The molecule has 1 aliphatic rings. The zero-order valence-corrected chi connectivity index (χ0v) is 14.0. The Bertz CT molecular complexity index is 734. The summed E-state index contributed by atoms with van der Waals surface area (Å²) in [6.45, 7) is 6.23. The maximum Gasteiger partial charge on any atom is 0.434 e. The van der Waals surface area contributed by atoms with Crippen molar-refractivity contribution in [3.63, 3.8) is 0 Å². The Balaban J connectivity index is 1.85. The van der Waals surface area contributed by atoms with Crippen molar-refractivity contribution in [3.8, 4) is 11.5 Å². The second kappa shape index (κ2) is 6.76. The van der Waals surface area contributed by atoms with Gasteiger partial charge < -0.3 is 15.1 Å². The molecule has 3 rings (SSSR count). The third kappa shape index (κ3) is 3.59. The van der Waals surface area contributed by atoms with Gasteiger partial charge in [0.25, 0.3) is 0 Å². The fourth-order valence-electron chi connectivity index (χ4n) is 3.06. The fraction of sp³-hybridized carbons (Fsp3) is 0.500. The lowest BCUT2D eigenvalue weighted by Gasteiger charge is -2.30. The van der Waals surface area contributed by atoms with Crippen LogP contribution >= 0.6 is 11.6 Å². The van der Waals surface area contributed by atoms with Crippen LogP contribution in [0.25, 0.3) is 11.5 Å². The van der Waals surface area contributed by atoms with E-state index in [4.69, 9.17) is 16.0 Å². The Kier molecular flexibility index (Phi) is 4.73. The first-order valence-corrected chi connectivity index (χ1v) is 8.25. The van der Waals surface area contributed by atoms with E-state index >= 15 is 0 Å². The van der Waals surface area contributed by atoms with Crippen LogP contribution in [0.4, 0.5) is 5.69 Å². The third-order valence-electron chi connectivity index (χ3n) is 4.41. The molecule has 1 saturated heterocycles. The summed E-state index contributed by atoms with van der Waals surface area (Å²) in [6.07, 6.45) is 2.30. The minimum Gasteiger partial charge on any atom is -0.388 e. The van der Waals surface area contributed by atoms with Crippen molar-refractivity contribution >= 4 is 17.3 Å². The average Bonchev–Trinajstić information content (AvgIpc) is 2.99. The molecule has 1 atom stereocenters. The van der Waals surface area contributed by atoms with Crippen molar-refractivity contribution < 1.29 is 4.42 Å². The van der Waals surface area contributed by atoms with E-state index in [9.17, 15) is 4.79 Å². The van der Waals surface area contributed by atoms with Gasteiger partial charge in [0.1, 0.15) is 0 Å². The standard InChI is InChI=1S/C16H21ClN4O2/c1-9-7-12(15-20-21-16(22)23-15)8-13(14(9)17)19-10(2)11-3-5-18-6-4-11/h7-8,10-11,18-19H,3-6H2,1-2H3,(H,21,22). The molecule has 1 aromatic carbocycles. The maximum absolute atomic E-state index is 11.2. The Hall–Kier alpha value is -1.79. The maximum atomic E-state index is 11.2. The average molecular weight is 337 g/mol. The van der Waals surface area contributed by atoms with E-state index in [0.717, 1.165) is 42.7 Å². The van der Waals surface area contributed by atoms with Crippen LogP contribution in [0.15, 0.2) is 21.3 Å². The Labute approximate surface area is 139 Å². The monoisotopic (exact) mass is 336 g/mol. The highest BCUT2D eigenvalue weighted by molar-refractivity contribution is 6.34. The van der Waals surface area contributed by atoms with Crippen LogP contribution in [0, 0.1) is 12.8 Å². The Morgan fingerprint density at radius 1 is 1.39 bits per heavy atom. The highest BCUT2D eigenvalue weighted by atomic mass is 35.5. The van der Waals surface area contributed by atoms with Gasteiger partial charge in [-0.25, -0.2) is 9.89 Å². The van der Waals surface area contributed by atoms with E-state index < -0.39 is 5.76 Å². The van der Waals surface area contributed by atoms with Crippen LogP contribution in [-0.2, 0) is 0 Å². The van der Waals surface area contributed by atoms with Crippen molar-refractivity contribution in [3.05, 3.63) is 33.3 Å². The molecule has 1 aliphatic heterocycles. The lowest BCUT2D eigenvalue weighted by Crippen LogP contribution is -2.36. The number of aromatic nitrogens is 2. The van der Waals surface area contributed by atoms with Crippen LogP contribution in [0.5, 0.6) is 0 Å². The molecule has 23 heavy (non-hydrogen) atoms. The van der Waals surface area contributed by atoms with Crippen LogP contribution in [0.1, 0.15) is 25.3 Å². The number of aryl methyl sites for hydroxylation is 1. The van der Waals surface area contributed by atoms with Gasteiger partial charge in [0.05, 0.1) is 10.7 Å². The number of benzene rings is 1. The SMILES string of the molecule is Cc1cc(-c2n[nH]c(=O)o2)cc(NC(C)C2CCNCC2)c1Cl. The number of H-pyrrole nitrogens is 1. The summed E-state index contributed by atoms with van der Waals surface area (Å²) in [5.74, 6) is 0.317. The van der Waals surface area contributed by atoms with Crippen molar-refractivity contribution in [2.75, 3.05) is 18.4 Å². The normalized spacial score (nSPS) is 17.2. The topological polar surface area (TPSA) is 83.0 Å². The van der Waals surface area contributed by atoms with Crippen LogP contribution in [-0.4, -0.2) is 29.3 Å². The number of halogens is 1. The van der Waals surface area contributed by atoms with Gasteiger partial charge in [-0.3, -0.25) is 0 Å². The molecule has 3 N–H and O–H groups in total. The summed E-state index contributed by atoms with van der Waals surface area (Å²) in [4.78, 5) is 11.2. The molecule has 0 spiro atoms. The molecule has 6 nitrogen and oxygen atoms in total. The highest BCUT2D eigenvalue weighted by Gasteiger charge is 2.21. The minimum absolute atomic E-state index is 0.271. The van der Waals surface area contributed by atoms with Crippen molar-refractivity contribution in [2.24, 2.45) is 5.92 Å². The second-order valence-corrected chi connectivity index (χ2v) is 6.47. The van der Waals surface area contributed by atoms with E-state index in [1.54, 1.807) is 0 Å². The van der Waals surface area contributed by atoms with Gasteiger partial charge in [-0.2, -0.15) is 0 Å². The quantitative estimate of drug-likeness (QED) is 0.799. The number of aromatic amines is 1. The van der Waals surface area contributed by atoms with Gasteiger partial charge in [0.2, 0.25) is 5.89 Å². The van der Waals surface area contributed by atoms with Gasteiger partial charge >= 0.3 is 5.76 Å². The van der Waals surface area contributed by atoms with Crippen LogP contribution < -0.4 is 16.4 Å². The van der Waals surface area contributed by atoms with E-state index in [0.29, 0.717) is 17.0 Å². The number of anilines is 1. The molecular formula is C16H21ClN4O2. The minimum atomic E-state index is -0.565. The van der Waals surface area contributed by atoms with Gasteiger partial charge in [-0.15, -0.1) is 5.10 Å². The predicted octanol–water partition coefficient (Wildman–Crippen LogP) is 2.79. The first-order chi connectivity index (χ1) is 11.0. The van der Waals surface area contributed by atoms with E-state index in [1.165, 1.54) is 0 Å². The molecule has 0 amide bonds. The number of nitrogens with one attached hydrogen (secondary N) is 3. The zero-order valence-electron chi connectivity index (χ0n) is 13.3. The smallest absolute Gasteiger partial charge is 0.388 e. The molecule has 2 aromatic rings. The van der Waals surface area contributed by atoms with Gasteiger partial charge in [-0.1, -0.05) is 11.6 Å². The molecule has 0 aliphatic carbocycles. The Morgan fingerprint density at radius 3 is 2.78 bits per heavy atom. The lowest BCUT2D eigenvalue weighted by molar-refractivity contribution is 0.343.